The Bertz CT molecular complexity index is 998. The van der Waals surface area contributed by atoms with Gasteiger partial charge in [-0.1, -0.05) is 18.2 Å². The van der Waals surface area contributed by atoms with Gasteiger partial charge in [-0.25, -0.2) is 8.42 Å². The average Bonchev–Trinajstić information content (AvgIpc) is 3.15. The molecule has 0 aliphatic heterocycles. The maximum Gasteiger partial charge on any atom is 0.243 e. The van der Waals surface area contributed by atoms with E-state index in [1.54, 1.807) is 34.1 Å². The Hall–Kier alpha value is -2.02. The molecule has 0 fully saturated rings. The quantitative estimate of drug-likeness (QED) is 0.587. The van der Waals surface area contributed by atoms with Crippen molar-refractivity contribution >= 4 is 21.4 Å². The van der Waals surface area contributed by atoms with Gasteiger partial charge < -0.3 is 0 Å². The van der Waals surface area contributed by atoms with Crippen molar-refractivity contribution in [2.45, 2.75) is 38.6 Å². The number of aryl methyl sites for hydroxylation is 3. The first kappa shape index (κ1) is 19.7. The van der Waals surface area contributed by atoms with E-state index >= 15 is 0 Å². The van der Waals surface area contributed by atoms with Gasteiger partial charge in [-0.05, 0) is 73.0 Å². The van der Waals surface area contributed by atoms with E-state index in [0.717, 1.165) is 22.3 Å². The third-order valence-corrected chi connectivity index (χ3v) is 7.60. The molecule has 0 N–H and O–H groups in total. The summed E-state index contributed by atoms with van der Waals surface area (Å²) >= 11 is 1.65. The van der Waals surface area contributed by atoms with Crippen molar-refractivity contribution in [3.05, 3.63) is 81.3 Å². The van der Waals surface area contributed by atoms with Crippen LogP contribution in [0.15, 0.2) is 59.1 Å². The lowest BCUT2D eigenvalue weighted by Crippen LogP contribution is -2.33. The molecule has 6 heteroatoms. The van der Waals surface area contributed by atoms with Gasteiger partial charge >= 0.3 is 0 Å². The number of hydrogen-bond donors (Lipinski definition) is 0. The summed E-state index contributed by atoms with van der Waals surface area (Å²) in [7, 11) is -3.61. The lowest BCUT2D eigenvalue weighted by atomic mass is 10.1. The van der Waals surface area contributed by atoms with Crippen LogP contribution in [0.2, 0.25) is 0 Å². The van der Waals surface area contributed by atoms with E-state index in [9.17, 15) is 8.42 Å². The number of sulfonamides is 1. The topological polar surface area (TPSA) is 50.3 Å². The van der Waals surface area contributed by atoms with E-state index < -0.39 is 10.0 Å². The highest BCUT2D eigenvalue weighted by Crippen LogP contribution is 2.25. The molecule has 27 heavy (non-hydrogen) atoms. The van der Waals surface area contributed by atoms with E-state index in [-0.39, 0.29) is 0 Å². The Morgan fingerprint density at radius 3 is 2.48 bits per heavy atom. The van der Waals surface area contributed by atoms with Gasteiger partial charge in [0.05, 0.1) is 4.90 Å². The third kappa shape index (κ3) is 4.64. The zero-order valence-electron chi connectivity index (χ0n) is 15.8. The summed E-state index contributed by atoms with van der Waals surface area (Å²) in [5.41, 5.74) is 3.75. The molecule has 2 aromatic heterocycles. The van der Waals surface area contributed by atoms with E-state index in [2.05, 4.69) is 4.98 Å². The predicted octanol–water partition coefficient (Wildman–Crippen LogP) is 4.50. The van der Waals surface area contributed by atoms with Crippen LogP contribution in [-0.4, -0.2) is 24.3 Å². The van der Waals surface area contributed by atoms with Crippen molar-refractivity contribution in [1.29, 1.82) is 0 Å². The first-order valence-electron chi connectivity index (χ1n) is 8.87. The molecule has 0 atom stereocenters. The van der Waals surface area contributed by atoms with Gasteiger partial charge in [0.15, 0.2) is 0 Å². The Labute approximate surface area is 165 Å². The number of pyridine rings is 1. The highest BCUT2D eigenvalue weighted by atomic mass is 32.2. The summed E-state index contributed by atoms with van der Waals surface area (Å²) in [6.45, 7) is 6.56. The molecule has 0 spiro atoms. The molecule has 1 aromatic carbocycles. The van der Waals surface area contributed by atoms with Crippen LogP contribution in [0.5, 0.6) is 0 Å². The fraction of sp³-hybridized carbons (Fsp3) is 0.286. The van der Waals surface area contributed by atoms with Crippen molar-refractivity contribution in [3.8, 4) is 0 Å². The second kappa shape index (κ2) is 8.33. The first-order valence-corrected chi connectivity index (χ1v) is 11.2. The van der Waals surface area contributed by atoms with Gasteiger partial charge in [0.1, 0.15) is 0 Å². The van der Waals surface area contributed by atoms with E-state index in [1.165, 1.54) is 4.88 Å². The predicted molar refractivity (Wildman–Crippen MR) is 111 cm³/mol. The van der Waals surface area contributed by atoms with Crippen molar-refractivity contribution in [2.75, 3.05) is 6.54 Å². The minimum atomic E-state index is -3.61. The van der Waals surface area contributed by atoms with Crippen LogP contribution in [0.1, 0.15) is 27.1 Å². The van der Waals surface area contributed by atoms with Crippen molar-refractivity contribution in [3.63, 3.8) is 0 Å². The molecule has 0 saturated carbocycles. The molecule has 0 aliphatic carbocycles. The molecule has 0 aliphatic rings. The summed E-state index contributed by atoms with van der Waals surface area (Å²) < 4.78 is 28.5. The zero-order valence-corrected chi connectivity index (χ0v) is 17.5. The largest absolute Gasteiger partial charge is 0.264 e. The summed E-state index contributed by atoms with van der Waals surface area (Å²) in [5.74, 6) is 0. The standard InChI is InChI=1S/C21H24N2O2S2/c1-16-12-18(3)21(13-17(16)2)27(24,25)23(10-8-20-7-5-11-26-20)15-19-6-4-9-22-14-19/h4-7,9,11-14H,8,10,15H2,1-3H3. The van der Waals surface area contributed by atoms with Crippen molar-refractivity contribution in [2.24, 2.45) is 0 Å². The molecule has 0 radical (unpaired) electrons. The molecule has 0 unspecified atom stereocenters. The first-order chi connectivity index (χ1) is 12.9. The lowest BCUT2D eigenvalue weighted by molar-refractivity contribution is 0.409. The molecule has 3 rings (SSSR count). The van der Waals surface area contributed by atoms with Gasteiger partial charge in [-0.2, -0.15) is 4.31 Å². The van der Waals surface area contributed by atoms with E-state index in [0.29, 0.717) is 24.4 Å². The van der Waals surface area contributed by atoms with E-state index in [1.807, 2.05) is 56.5 Å². The second-order valence-corrected chi connectivity index (χ2v) is 9.67. The maximum absolute atomic E-state index is 13.5. The SMILES string of the molecule is Cc1cc(C)c(S(=O)(=O)N(CCc2cccs2)Cc2cccnc2)cc1C. The van der Waals surface area contributed by atoms with Crippen molar-refractivity contribution in [1.82, 2.24) is 9.29 Å². The number of thiophene rings is 1. The second-order valence-electron chi connectivity index (χ2n) is 6.73. The van der Waals surface area contributed by atoms with Gasteiger partial charge in [-0.3, -0.25) is 4.98 Å². The van der Waals surface area contributed by atoms with Crippen LogP contribution in [0.25, 0.3) is 0 Å². The normalized spacial score (nSPS) is 11.9. The van der Waals surface area contributed by atoms with Crippen molar-refractivity contribution < 1.29 is 8.42 Å². The fourth-order valence-corrected chi connectivity index (χ4v) is 5.44. The number of benzene rings is 1. The molecular formula is C21H24N2O2S2. The Morgan fingerprint density at radius 2 is 1.81 bits per heavy atom. The van der Waals surface area contributed by atoms with Gasteiger partial charge in [-0.15, -0.1) is 11.3 Å². The minimum absolute atomic E-state index is 0.313. The zero-order chi connectivity index (χ0) is 19.4. The van der Waals surface area contributed by atoms with Gasteiger partial charge in [0.2, 0.25) is 10.0 Å². The van der Waals surface area contributed by atoms with Gasteiger partial charge in [0, 0.05) is 30.4 Å². The number of rotatable bonds is 7. The van der Waals surface area contributed by atoms with Crippen LogP contribution in [-0.2, 0) is 23.0 Å². The molecule has 142 valence electrons. The number of nitrogens with zero attached hydrogens (tertiary/aromatic N) is 2. The summed E-state index contributed by atoms with van der Waals surface area (Å²) in [6.07, 6.45) is 4.11. The molecule has 0 bridgehead atoms. The van der Waals surface area contributed by atoms with Crippen LogP contribution in [0, 0.1) is 20.8 Å². The highest BCUT2D eigenvalue weighted by Gasteiger charge is 2.27. The van der Waals surface area contributed by atoms with Crippen LogP contribution in [0.4, 0.5) is 0 Å². The Morgan fingerprint density at radius 1 is 1.04 bits per heavy atom. The number of hydrogen-bond acceptors (Lipinski definition) is 4. The summed E-state index contributed by atoms with van der Waals surface area (Å²) in [5, 5.41) is 2.02. The Balaban J connectivity index is 1.95. The minimum Gasteiger partial charge on any atom is -0.264 e. The molecule has 0 saturated heterocycles. The highest BCUT2D eigenvalue weighted by molar-refractivity contribution is 7.89. The summed E-state index contributed by atoms with van der Waals surface area (Å²) in [6, 6.07) is 11.5. The van der Waals surface area contributed by atoms with Crippen LogP contribution < -0.4 is 0 Å². The molecule has 3 aromatic rings. The van der Waals surface area contributed by atoms with Crippen LogP contribution in [0.3, 0.4) is 0 Å². The fourth-order valence-electron chi connectivity index (χ4n) is 3.02. The van der Waals surface area contributed by atoms with Gasteiger partial charge in [0.25, 0.3) is 0 Å². The third-order valence-electron chi connectivity index (χ3n) is 4.68. The Kier molecular flexibility index (Phi) is 6.09. The van der Waals surface area contributed by atoms with E-state index in [4.69, 9.17) is 0 Å². The molecule has 0 amide bonds. The molecule has 4 nitrogen and oxygen atoms in total. The lowest BCUT2D eigenvalue weighted by Gasteiger charge is -2.23. The molecular weight excluding hydrogens is 376 g/mol. The monoisotopic (exact) mass is 400 g/mol. The number of aromatic nitrogens is 1. The maximum atomic E-state index is 13.5. The average molecular weight is 401 g/mol. The van der Waals surface area contributed by atoms with Crippen LogP contribution >= 0.6 is 11.3 Å². The molecule has 2 heterocycles. The summed E-state index contributed by atoms with van der Waals surface area (Å²) in [4.78, 5) is 5.69. The smallest absolute Gasteiger partial charge is 0.243 e.